The van der Waals surface area contributed by atoms with Crippen molar-refractivity contribution in [2.45, 2.75) is 71.0 Å². The van der Waals surface area contributed by atoms with Crippen LogP contribution < -0.4 is 15.3 Å². The minimum atomic E-state index is -0.355. The highest BCUT2D eigenvalue weighted by molar-refractivity contribution is 5.86. The van der Waals surface area contributed by atoms with E-state index in [2.05, 4.69) is 46.6 Å². The van der Waals surface area contributed by atoms with Crippen molar-refractivity contribution in [1.82, 2.24) is 19.4 Å². The molecule has 2 unspecified atom stereocenters. The number of benzene rings is 1. The van der Waals surface area contributed by atoms with Crippen LogP contribution in [0.5, 0.6) is 5.75 Å². The van der Waals surface area contributed by atoms with Crippen LogP contribution in [0.3, 0.4) is 0 Å². The van der Waals surface area contributed by atoms with Crippen LogP contribution in [0.25, 0.3) is 11.0 Å². The number of aromatic nitrogens is 3. The molecule has 0 radical (unpaired) electrons. The van der Waals surface area contributed by atoms with Gasteiger partial charge in [-0.25, -0.2) is 14.2 Å². The van der Waals surface area contributed by atoms with E-state index >= 15 is 4.39 Å². The third-order valence-corrected chi connectivity index (χ3v) is 8.30. The highest BCUT2D eigenvalue weighted by atomic mass is 19.1. The van der Waals surface area contributed by atoms with Crippen molar-refractivity contribution >= 4 is 16.9 Å². The van der Waals surface area contributed by atoms with Crippen LogP contribution in [0.4, 0.5) is 10.2 Å². The molecular weight excluding hydrogens is 495 g/mol. The molecule has 39 heavy (non-hydrogen) atoms. The van der Waals surface area contributed by atoms with Crippen molar-refractivity contribution in [3.63, 3.8) is 0 Å². The number of halogens is 1. The molecule has 1 aromatic carbocycles. The van der Waals surface area contributed by atoms with Crippen LogP contribution in [0.15, 0.2) is 35.1 Å². The summed E-state index contributed by atoms with van der Waals surface area (Å²) in [5, 5.41) is 9.47. The molecule has 0 amide bonds. The van der Waals surface area contributed by atoms with Gasteiger partial charge in [0, 0.05) is 49.9 Å². The number of aryl methyl sites for hydroxylation is 1. The fraction of sp³-hybridized carbons (Fsp3) is 0.533. The van der Waals surface area contributed by atoms with Crippen LogP contribution in [-0.2, 0) is 7.05 Å². The fourth-order valence-electron chi connectivity index (χ4n) is 5.80. The number of piperazine rings is 1. The lowest BCUT2D eigenvalue weighted by Crippen LogP contribution is -2.59. The Morgan fingerprint density at radius 3 is 2.51 bits per heavy atom. The molecule has 5 rings (SSSR count). The average Bonchev–Trinajstić information content (AvgIpc) is 3.79. The molecule has 206 valence electrons. The van der Waals surface area contributed by atoms with Crippen molar-refractivity contribution in [2.24, 2.45) is 13.0 Å². The van der Waals surface area contributed by atoms with E-state index in [9.17, 15) is 10.1 Å². The number of hydrogen-bond donors (Lipinski definition) is 0. The number of rotatable bonds is 9. The van der Waals surface area contributed by atoms with Gasteiger partial charge in [0.1, 0.15) is 28.8 Å². The maximum absolute atomic E-state index is 15.5. The third kappa shape index (κ3) is 5.35. The predicted molar refractivity (Wildman–Crippen MR) is 149 cm³/mol. The molecule has 3 atom stereocenters. The SMILES string of the molecule is CCC1CN(C(CC)c2ccc(OCC3CC3)cc2F)[C@H](CC)CN1c1nc(=O)n(C)c2ccc(C#N)nc12. The van der Waals surface area contributed by atoms with Crippen molar-refractivity contribution < 1.29 is 9.13 Å². The summed E-state index contributed by atoms with van der Waals surface area (Å²) in [6.07, 6.45) is 4.83. The largest absolute Gasteiger partial charge is 0.493 e. The number of pyridine rings is 1. The first-order valence-corrected chi connectivity index (χ1v) is 14.1. The molecule has 1 saturated heterocycles. The highest BCUT2D eigenvalue weighted by Gasteiger charge is 2.38. The van der Waals surface area contributed by atoms with E-state index < -0.39 is 0 Å². The van der Waals surface area contributed by atoms with Crippen molar-refractivity contribution in [3.8, 4) is 11.8 Å². The van der Waals surface area contributed by atoms with Gasteiger partial charge in [0.05, 0.1) is 12.1 Å². The fourth-order valence-corrected chi connectivity index (χ4v) is 5.80. The first kappa shape index (κ1) is 27.1. The lowest BCUT2D eigenvalue weighted by atomic mass is 9.94. The molecule has 0 bridgehead atoms. The number of nitriles is 1. The second-order valence-electron chi connectivity index (χ2n) is 10.8. The molecule has 1 aliphatic carbocycles. The minimum Gasteiger partial charge on any atom is -0.493 e. The summed E-state index contributed by atoms with van der Waals surface area (Å²) in [7, 11) is 1.67. The van der Waals surface area contributed by atoms with E-state index in [0.29, 0.717) is 53.8 Å². The Hall–Kier alpha value is -3.51. The summed E-state index contributed by atoms with van der Waals surface area (Å²) in [6.45, 7) is 8.34. The zero-order chi connectivity index (χ0) is 27.7. The standard InChI is InChI=1S/C30H37FN6O2/c1-5-21-17-37(29-28-27(35(4)30(38)34-29)13-10-20(15-32)33-28)22(6-2)16-36(21)26(7-3)24-12-11-23(14-25(24)31)39-18-19-8-9-19/h10-14,19,21-22,26H,5-9,16-18H2,1-4H3/t21-,22?,26?/m1/s1. The second-order valence-corrected chi connectivity index (χ2v) is 10.8. The molecule has 2 aliphatic rings. The summed E-state index contributed by atoms with van der Waals surface area (Å²) in [5.74, 6) is 1.50. The summed E-state index contributed by atoms with van der Waals surface area (Å²) >= 11 is 0. The van der Waals surface area contributed by atoms with Gasteiger partial charge in [0.25, 0.3) is 0 Å². The van der Waals surface area contributed by atoms with E-state index in [0.717, 1.165) is 19.3 Å². The molecule has 9 heteroatoms. The highest BCUT2D eigenvalue weighted by Crippen LogP contribution is 2.37. The number of anilines is 1. The molecule has 0 N–H and O–H groups in total. The maximum atomic E-state index is 15.5. The Morgan fingerprint density at radius 2 is 1.87 bits per heavy atom. The summed E-state index contributed by atoms with van der Waals surface area (Å²) in [6, 6.07) is 10.9. The van der Waals surface area contributed by atoms with Gasteiger partial charge in [-0.3, -0.25) is 9.47 Å². The van der Waals surface area contributed by atoms with Gasteiger partial charge in [0.15, 0.2) is 5.82 Å². The van der Waals surface area contributed by atoms with Gasteiger partial charge < -0.3 is 9.64 Å². The van der Waals surface area contributed by atoms with Crippen LogP contribution >= 0.6 is 0 Å². The van der Waals surface area contributed by atoms with Crippen LogP contribution in [0, 0.1) is 23.1 Å². The Balaban J connectivity index is 1.47. The molecule has 8 nitrogen and oxygen atoms in total. The normalized spacial score (nSPS) is 20.7. The minimum absolute atomic E-state index is 0.0430. The maximum Gasteiger partial charge on any atom is 0.349 e. The number of ether oxygens (including phenoxy) is 1. The van der Waals surface area contributed by atoms with E-state index in [1.807, 2.05) is 12.1 Å². The summed E-state index contributed by atoms with van der Waals surface area (Å²) in [4.78, 5) is 26.4. The lowest BCUT2D eigenvalue weighted by Gasteiger charge is -2.49. The van der Waals surface area contributed by atoms with Crippen LogP contribution in [0.2, 0.25) is 0 Å². The lowest BCUT2D eigenvalue weighted by molar-refractivity contribution is 0.0876. The quantitative estimate of drug-likeness (QED) is 0.385. The van der Waals surface area contributed by atoms with Gasteiger partial charge in [-0.1, -0.05) is 26.8 Å². The molecule has 3 heterocycles. The van der Waals surface area contributed by atoms with Gasteiger partial charge in [-0.05, 0) is 56.2 Å². The summed E-state index contributed by atoms with van der Waals surface area (Å²) in [5.41, 5.74) is 1.82. The summed E-state index contributed by atoms with van der Waals surface area (Å²) < 4.78 is 22.7. The van der Waals surface area contributed by atoms with Crippen LogP contribution in [-0.4, -0.2) is 51.2 Å². The predicted octanol–water partition coefficient (Wildman–Crippen LogP) is 4.96. The van der Waals surface area contributed by atoms with Gasteiger partial charge >= 0.3 is 5.69 Å². The van der Waals surface area contributed by atoms with Crippen molar-refractivity contribution in [1.29, 1.82) is 5.26 Å². The average molecular weight is 533 g/mol. The van der Waals surface area contributed by atoms with E-state index in [1.165, 1.54) is 23.5 Å². The Bertz CT molecular complexity index is 1450. The smallest absolute Gasteiger partial charge is 0.349 e. The topological polar surface area (TPSA) is 87.3 Å². The Morgan fingerprint density at radius 1 is 1.10 bits per heavy atom. The Labute approximate surface area is 229 Å². The molecule has 1 saturated carbocycles. The van der Waals surface area contributed by atoms with E-state index in [1.54, 1.807) is 19.2 Å². The van der Waals surface area contributed by atoms with E-state index in [4.69, 9.17) is 4.74 Å². The molecule has 0 spiro atoms. The number of hydrogen-bond acceptors (Lipinski definition) is 7. The number of nitrogens with zero attached hydrogens (tertiary/aromatic N) is 6. The van der Waals surface area contributed by atoms with Crippen molar-refractivity contribution in [2.75, 3.05) is 24.6 Å². The molecule has 2 aromatic heterocycles. The monoisotopic (exact) mass is 532 g/mol. The third-order valence-electron chi connectivity index (χ3n) is 8.30. The molecule has 2 fully saturated rings. The van der Waals surface area contributed by atoms with Gasteiger partial charge in [-0.2, -0.15) is 10.2 Å². The Kier molecular flexibility index (Phi) is 7.85. The second kappa shape index (κ2) is 11.3. The van der Waals surface area contributed by atoms with Gasteiger partial charge in [-0.15, -0.1) is 0 Å². The molecule has 3 aromatic rings. The van der Waals surface area contributed by atoms with Crippen molar-refractivity contribution in [3.05, 3.63) is 57.9 Å². The van der Waals surface area contributed by atoms with E-state index in [-0.39, 0.29) is 35.3 Å². The zero-order valence-corrected chi connectivity index (χ0v) is 23.2. The van der Waals surface area contributed by atoms with Crippen LogP contribution in [0.1, 0.15) is 70.2 Å². The number of fused-ring (bicyclic) bond motifs is 1. The molecular formula is C30H37FN6O2. The molecule has 1 aliphatic heterocycles. The van der Waals surface area contributed by atoms with Gasteiger partial charge in [0.2, 0.25) is 0 Å². The first-order chi connectivity index (χ1) is 18.9. The first-order valence-electron chi connectivity index (χ1n) is 14.1. The zero-order valence-electron chi connectivity index (χ0n) is 23.2.